The Bertz CT molecular complexity index is 313. The average Bonchev–Trinajstić information content (AvgIpc) is 2.76. The highest BCUT2D eigenvalue weighted by atomic mass is 16.4. The summed E-state index contributed by atoms with van der Waals surface area (Å²) in [7, 11) is 3.96. The molecule has 0 saturated heterocycles. The molecule has 0 bridgehead atoms. The third kappa shape index (κ3) is 3.19. The second-order valence-electron chi connectivity index (χ2n) is 5.56. The molecule has 1 rings (SSSR count). The zero-order chi connectivity index (χ0) is 13.2. The van der Waals surface area contributed by atoms with Crippen LogP contribution in [0.5, 0.6) is 0 Å². The molecule has 0 aliphatic heterocycles. The van der Waals surface area contributed by atoms with Crippen molar-refractivity contribution in [2.75, 3.05) is 27.2 Å². The Morgan fingerprint density at radius 1 is 1.29 bits per heavy atom. The first kappa shape index (κ1) is 14.0. The van der Waals surface area contributed by atoms with E-state index in [-0.39, 0.29) is 11.8 Å². The molecule has 1 saturated carbocycles. The Balaban J connectivity index is 2.33. The van der Waals surface area contributed by atoms with Gasteiger partial charge in [-0.2, -0.15) is 0 Å². The summed E-state index contributed by atoms with van der Waals surface area (Å²) in [6, 6.07) is 0. The van der Waals surface area contributed by atoms with Crippen molar-refractivity contribution in [3.8, 4) is 0 Å². The van der Waals surface area contributed by atoms with Crippen LogP contribution in [0.25, 0.3) is 0 Å². The molecular formula is C12H22N2O3. The van der Waals surface area contributed by atoms with Crippen molar-refractivity contribution in [2.24, 2.45) is 17.3 Å². The third-order valence-corrected chi connectivity index (χ3v) is 3.46. The van der Waals surface area contributed by atoms with Gasteiger partial charge < -0.3 is 15.3 Å². The van der Waals surface area contributed by atoms with E-state index in [9.17, 15) is 9.59 Å². The van der Waals surface area contributed by atoms with E-state index in [1.807, 2.05) is 32.8 Å². The van der Waals surface area contributed by atoms with Gasteiger partial charge in [-0.1, -0.05) is 13.8 Å². The molecule has 1 fully saturated rings. The number of carbonyl (C=O) groups is 2. The molecule has 0 radical (unpaired) electrons. The van der Waals surface area contributed by atoms with Crippen molar-refractivity contribution in [3.63, 3.8) is 0 Å². The van der Waals surface area contributed by atoms with Gasteiger partial charge in [-0.3, -0.25) is 9.59 Å². The smallest absolute Gasteiger partial charge is 0.307 e. The fourth-order valence-corrected chi connectivity index (χ4v) is 2.30. The number of rotatable bonds is 6. The largest absolute Gasteiger partial charge is 0.481 e. The van der Waals surface area contributed by atoms with E-state index in [2.05, 4.69) is 5.32 Å². The van der Waals surface area contributed by atoms with Crippen LogP contribution in [0.15, 0.2) is 0 Å². The molecule has 1 aliphatic carbocycles. The average molecular weight is 242 g/mol. The van der Waals surface area contributed by atoms with E-state index in [1.165, 1.54) is 0 Å². The molecule has 2 atom stereocenters. The molecule has 0 spiro atoms. The predicted molar refractivity (Wildman–Crippen MR) is 64.6 cm³/mol. The summed E-state index contributed by atoms with van der Waals surface area (Å²) in [5, 5.41) is 11.8. The Morgan fingerprint density at radius 2 is 1.88 bits per heavy atom. The van der Waals surface area contributed by atoms with Gasteiger partial charge in [0.15, 0.2) is 0 Å². The number of hydrogen-bond donors (Lipinski definition) is 2. The molecule has 5 nitrogen and oxygen atoms in total. The molecule has 0 aromatic rings. The normalized spacial score (nSPS) is 25.7. The lowest BCUT2D eigenvalue weighted by Crippen LogP contribution is -2.30. The summed E-state index contributed by atoms with van der Waals surface area (Å²) in [4.78, 5) is 24.8. The minimum atomic E-state index is -0.872. The summed E-state index contributed by atoms with van der Waals surface area (Å²) >= 11 is 0. The number of aliphatic carboxylic acids is 1. The van der Waals surface area contributed by atoms with Gasteiger partial charge in [-0.25, -0.2) is 0 Å². The number of hydrogen-bond acceptors (Lipinski definition) is 3. The molecule has 0 aromatic heterocycles. The fourth-order valence-electron chi connectivity index (χ4n) is 2.30. The van der Waals surface area contributed by atoms with Gasteiger partial charge in [0.25, 0.3) is 0 Å². The Hall–Kier alpha value is -1.10. The monoisotopic (exact) mass is 242 g/mol. The van der Waals surface area contributed by atoms with E-state index in [0.29, 0.717) is 6.54 Å². The maximum Gasteiger partial charge on any atom is 0.307 e. The van der Waals surface area contributed by atoms with Crippen LogP contribution in [-0.2, 0) is 9.59 Å². The number of nitrogens with zero attached hydrogens (tertiary/aromatic N) is 1. The van der Waals surface area contributed by atoms with E-state index < -0.39 is 17.3 Å². The second kappa shape index (κ2) is 5.04. The number of carbonyl (C=O) groups excluding carboxylic acids is 1. The van der Waals surface area contributed by atoms with E-state index >= 15 is 0 Å². The van der Waals surface area contributed by atoms with Crippen molar-refractivity contribution in [3.05, 3.63) is 0 Å². The zero-order valence-corrected chi connectivity index (χ0v) is 11.0. The first-order valence-electron chi connectivity index (χ1n) is 5.93. The van der Waals surface area contributed by atoms with E-state index in [1.54, 1.807) is 0 Å². The molecule has 2 N–H and O–H groups in total. The minimum Gasteiger partial charge on any atom is -0.481 e. The van der Waals surface area contributed by atoms with Crippen LogP contribution < -0.4 is 5.32 Å². The lowest BCUT2D eigenvalue weighted by Gasteiger charge is -2.10. The van der Waals surface area contributed by atoms with E-state index in [0.717, 1.165) is 13.0 Å². The quantitative estimate of drug-likeness (QED) is 0.662. The Kier molecular flexibility index (Phi) is 4.14. The van der Waals surface area contributed by atoms with Gasteiger partial charge in [-0.05, 0) is 32.5 Å². The summed E-state index contributed by atoms with van der Waals surface area (Å²) < 4.78 is 0. The summed E-state index contributed by atoms with van der Waals surface area (Å²) in [6.45, 7) is 5.18. The first-order valence-corrected chi connectivity index (χ1v) is 5.93. The number of amides is 1. The molecule has 5 heteroatoms. The molecular weight excluding hydrogens is 220 g/mol. The zero-order valence-electron chi connectivity index (χ0n) is 11.0. The van der Waals surface area contributed by atoms with Crippen molar-refractivity contribution < 1.29 is 14.7 Å². The molecule has 17 heavy (non-hydrogen) atoms. The molecule has 1 aliphatic rings. The highest BCUT2D eigenvalue weighted by molar-refractivity contribution is 5.91. The van der Waals surface area contributed by atoms with Crippen LogP contribution in [0.1, 0.15) is 20.3 Å². The SMILES string of the molecule is CN(C)CCCNC(=O)[C@@H]1[C@H](C(=O)O)C1(C)C. The second-order valence-corrected chi connectivity index (χ2v) is 5.56. The van der Waals surface area contributed by atoms with Crippen molar-refractivity contribution in [1.82, 2.24) is 10.2 Å². The molecule has 0 aromatic carbocycles. The van der Waals surface area contributed by atoms with Gasteiger partial charge >= 0.3 is 5.97 Å². The van der Waals surface area contributed by atoms with Crippen LogP contribution in [0.3, 0.4) is 0 Å². The predicted octanol–water partition coefficient (Wildman–Crippen LogP) is 0.411. The van der Waals surface area contributed by atoms with E-state index in [4.69, 9.17) is 5.11 Å². The van der Waals surface area contributed by atoms with Crippen molar-refractivity contribution in [2.45, 2.75) is 20.3 Å². The third-order valence-electron chi connectivity index (χ3n) is 3.46. The maximum atomic E-state index is 11.8. The molecule has 0 heterocycles. The van der Waals surface area contributed by atoms with Gasteiger partial charge in [0.2, 0.25) is 5.91 Å². The highest BCUT2D eigenvalue weighted by Gasteiger charge is 2.65. The van der Waals surface area contributed by atoms with Gasteiger partial charge in [0.05, 0.1) is 11.8 Å². The van der Waals surface area contributed by atoms with Crippen LogP contribution in [-0.4, -0.2) is 49.1 Å². The van der Waals surface area contributed by atoms with Crippen molar-refractivity contribution in [1.29, 1.82) is 0 Å². The van der Waals surface area contributed by atoms with Crippen LogP contribution in [0.4, 0.5) is 0 Å². The Labute approximate surface area is 102 Å². The topological polar surface area (TPSA) is 69.6 Å². The number of nitrogens with one attached hydrogen (secondary N) is 1. The molecule has 0 unspecified atom stereocenters. The van der Waals surface area contributed by atoms with Gasteiger partial charge in [0, 0.05) is 6.54 Å². The van der Waals surface area contributed by atoms with Crippen LogP contribution >= 0.6 is 0 Å². The van der Waals surface area contributed by atoms with Gasteiger partial charge in [-0.15, -0.1) is 0 Å². The molecule has 1 amide bonds. The van der Waals surface area contributed by atoms with Crippen LogP contribution in [0, 0.1) is 17.3 Å². The maximum absolute atomic E-state index is 11.8. The van der Waals surface area contributed by atoms with Crippen molar-refractivity contribution >= 4 is 11.9 Å². The minimum absolute atomic E-state index is 0.124. The lowest BCUT2D eigenvalue weighted by atomic mass is 10.1. The first-order chi connectivity index (χ1) is 7.78. The van der Waals surface area contributed by atoms with Gasteiger partial charge in [0.1, 0.15) is 0 Å². The molecule has 98 valence electrons. The Morgan fingerprint density at radius 3 is 2.29 bits per heavy atom. The van der Waals surface area contributed by atoms with Crippen LogP contribution in [0.2, 0.25) is 0 Å². The lowest BCUT2D eigenvalue weighted by molar-refractivity contribution is -0.140. The fraction of sp³-hybridized carbons (Fsp3) is 0.833. The number of carboxylic acid groups (broad SMARTS) is 1. The summed E-state index contributed by atoms with van der Waals surface area (Å²) in [5.74, 6) is -1.90. The summed E-state index contributed by atoms with van der Waals surface area (Å²) in [5.41, 5.74) is -0.405. The standard InChI is InChI=1S/C12H22N2O3/c1-12(2)8(9(12)11(16)17)10(15)13-6-5-7-14(3)4/h8-9H,5-7H2,1-4H3,(H,13,15)(H,16,17)/t8-,9+/m0/s1. The number of carboxylic acids is 1. The summed E-state index contributed by atoms with van der Waals surface area (Å²) in [6.07, 6.45) is 0.879. The highest BCUT2D eigenvalue weighted by Crippen LogP contribution is 2.58.